The van der Waals surface area contributed by atoms with E-state index in [1.165, 1.54) is 18.5 Å². The molecule has 0 atom stereocenters. The molecule has 0 unspecified atom stereocenters. The molecule has 0 aliphatic rings. The first-order chi connectivity index (χ1) is 7.56. The predicted molar refractivity (Wildman–Crippen MR) is 62.4 cm³/mol. The molecule has 16 heavy (non-hydrogen) atoms. The van der Waals surface area contributed by atoms with Crippen LogP contribution in [0.5, 0.6) is 5.75 Å². The highest BCUT2D eigenvalue weighted by Gasteiger charge is 2.18. The summed E-state index contributed by atoms with van der Waals surface area (Å²) in [6, 6.07) is 1.59. The van der Waals surface area contributed by atoms with Gasteiger partial charge in [-0.05, 0) is 26.3 Å². The Morgan fingerprint density at radius 3 is 2.69 bits per heavy atom. The topological polar surface area (TPSA) is 53.4 Å². The summed E-state index contributed by atoms with van der Waals surface area (Å²) in [5.41, 5.74) is 0.433. The van der Waals surface area contributed by atoms with Crippen LogP contribution >= 0.6 is 0 Å². The zero-order valence-electron chi connectivity index (χ0n) is 9.97. The maximum atomic E-state index is 12.1. The summed E-state index contributed by atoms with van der Waals surface area (Å²) in [6.07, 6.45) is 3.71. The van der Waals surface area contributed by atoms with Gasteiger partial charge in [0.05, 0.1) is 11.8 Å². The van der Waals surface area contributed by atoms with Crippen LogP contribution in [0, 0.1) is 0 Å². The summed E-state index contributed by atoms with van der Waals surface area (Å²) in [6.45, 7) is 6.70. The Balaban J connectivity index is 2.90. The molecule has 4 nitrogen and oxygen atoms in total. The lowest BCUT2D eigenvalue weighted by Crippen LogP contribution is -2.37. The lowest BCUT2D eigenvalue weighted by molar-refractivity contribution is 0.0705. The number of nitrogens with zero attached hydrogens (tertiary/aromatic N) is 2. The molecule has 0 aromatic carbocycles. The second-order valence-electron chi connectivity index (χ2n) is 4.02. The summed E-state index contributed by atoms with van der Waals surface area (Å²) in [4.78, 5) is 17.7. The molecule has 1 rings (SSSR count). The maximum absolute atomic E-state index is 12.1. The van der Waals surface area contributed by atoms with Crippen LogP contribution in [0.4, 0.5) is 0 Å². The standard InChI is InChI=1S/C12H18N2O2/c1-4-5-14(9(2)3)12(16)10-6-11(15)8-13-7-10/h6-9,15H,4-5H2,1-3H3. The van der Waals surface area contributed by atoms with Crippen LogP contribution in [0.2, 0.25) is 0 Å². The Labute approximate surface area is 95.9 Å². The van der Waals surface area contributed by atoms with Gasteiger partial charge in [-0.25, -0.2) is 0 Å². The van der Waals surface area contributed by atoms with E-state index in [1.54, 1.807) is 4.90 Å². The van der Waals surface area contributed by atoms with Crippen molar-refractivity contribution >= 4 is 5.91 Å². The summed E-state index contributed by atoms with van der Waals surface area (Å²) < 4.78 is 0. The number of rotatable bonds is 4. The number of pyridine rings is 1. The van der Waals surface area contributed by atoms with Crippen molar-refractivity contribution < 1.29 is 9.90 Å². The van der Waals surface area contributed by atoms with Crippen molar-refractivity contribution in [1.82, 2.24) is 9.88 Å². The Hall–Kier alpha value is -1.58. The first-order valence-corrected chi connectivity index (χ1v) is 5.51. The molecule has 0 aliphatic heterocycles. The Morgan fingerprint density at radius 2 is 2.19 bits per heavy atom. The first kappa shape index (κ1) is 12.5. The molecule has 0 saturated heterocycles. The quantitative estimate of drug-likeness (QED) is 0.848. The van der Waals surface area contributed by atoms with Crippen LogP contribution < -0.4 is 0 Å². The molecule has 0 aliphatic carbocycles. The predicted octanol–water partition coefficient (Wildman–Crippen LogP) is 2.05. The molecule has 1 N–H and O–H groups in total. The number of hydrogen-bond donors (Lipinski definition) is 1. The van der Waals surface area contributed by atoms with Crippen molar-refractivity contribution in [1.29, 1.82) is 0 Å². The third-order valence-corrected chi connectivity index (χ3v) is 2.32. The van der Waals surface area contributed by atoms with E-state index in [4.69, 9.17) is 0 Å². The van der Waals surface area contributed by atoms with E-state index in [0.29, 0.717) is 12.1 Å². The van der Waals surface area contributed by atoms with Crippen LogP contribution in [-0.4, -0.2) is 33.5 Å². The molecule has 1 aromatic rings. The number of aromatic nitrogens is 1. The molecular formula is C12H18N2O2. The van der Waals surface area contributed by atoms with Gasteiger partial charge in [-0.2, -0.15) is 0 Å². The Bertz CT molecular complexity index is 364. The lowest BCUT2D eigenvalue weighted by Gasteiger charge is -2.26. The maximum Gasteiger partial charge on any atom is 0.255 e. The van der Waals surface area contributed by atoms with E-state index in [0.717, 1.165) is 6.42 Å². The van der Waals surface area contributed by atoms with Crippen LogP contribution in [0.3, 0.4) is 0 Å². The molecule has 0 fully saturated rings. The minimum absolute atomic E-state index is 0.0195. The largest absolute Gasteiger partial charge is 0.506 e. The summed E-state index contributed by atoms with van der Waals surface area (Å²) in [7, 11) is 0. The average Bonchev–Trinajstić information content (AvgIpc) is 2.24. The molecule has 0 saturated carbocycles. The fourth-order valence-electron chi connectivity index (χ4n) is 1.55. The number of carbonyl (C=O) groups is 1. The zero-order chi connectivity index (χ0) is 12.1. The zero-order valence-corrected chi connectivity index (χ0v) is 9.97. The number of carbonyl (C=O) groups excluding carboxylic acids is 1. The fourth-order valence-corrected chi connectivity index (χ4v) is 1.55. The molecular weight excluding hydrogens is 204 g/mol. The molecule has 0 radical (unpaired) electrons. The van der Waals surface area contributed by atoms with Crippen molar-refractivity contribution in [2.45, 2.75) is 33.2 Å². The van der Waals surface area contributed by atoms with Crippen LogP contribution in [-0.2, 0) is 0 Å². The van der Waals surface area contributed by atoms with Gasteiger partial charge in [0.25, 0.3) is 5.91 Å². The SMILES string of the molecule is CCCN(C(=O)c1cncc(O)c1)C(C)C. The lowest BCUT2D eigenvalue weighted by atomic mass is 10.2. The minimum Gasteiger partial charge on any atom is -0.506 e. The smallest absolute Gasteiger partial charge is 0.255 e. The van der Waals surface area contributed by atoms with Gasteiger partial charge in [0.15, 0.2) is 0 Å². The van der Waals surface area contributed by atoms with Gasteiger partial charge in [0, 0.05) is 18.8 Å². The summed E-state index contributed by atoms with van der Waals surface area (Å²) in [5.74, 6) is -0.0636. The average molecular weight is 222 g/mol. The number of aromatic hydroxyl groups is 1. The number of amides is 1. The van der Waals surface area contributed by atoms with Gasteiger partial charge in [-0.3, -0.25) is 9.78 Å². The second-order valence-corrected chi connectivity index (χ2v) is 4.02. The molecule has 88 valence electrons. The normalized spacial score (nSPS) is 10.5. The van der Waals surface area contributed by atoms with Crippen LogP contribution in [0.25, 0.3) is 0 Å². The molecule has 1 amide bonds. The highest BCUT2D eigenvalue weighted by molar-refractivity contribution is 5.94. The summed E-state index contributed by atoms with van der Waals surface area (Å²) in [5, 5.41) is 9.28. The van der Waals surface area contributed by atoms with Gasteiger partial charge in [0.2, 0.25) is 0 Å². The third kappa shape index (κ3) is 2.95. The van der Waals surface area contributed by atoms with Gasteiger partial charge >= 0.3 is 0 Å². The molecule has 0 spiro atoms. The minimum atomic E-state index is -0.0831. The summed E-state index contributed by atoms with van der Waals surface area (Å²) >= 11 is 0. The number of hydrogen-bond acceptors (Lipinski definition) is 3. The first-order valence-electron chi connectivity index (χ1n) is 5.51. The monoisotopic (exact) mass is 222 g/mol. The van der Waals surface area contributed by atoms with Gasteiger partial charge in [-0.15, -0.1) is 0 Å². The fraction of sp³-hybridized carbons (Fsp3) is 0.500. The van der Waals surface area contributed by atoms with E-state index in [9.17, 15) is 9.90 Å². The molecule has 1 heterocycles. The van der Waals surface area contributed by atoms with Gasteiger partial charge < -0.3 is 10.0 Å². The highest BCUT2D eigenvalue weighted by atomic mass is 16.3. The second kappa shape index (κ2) is 5.49. The third-order valence-electron chi connectivity index (χ3n) is 2.32. The van der Waals surface area contributed by atoms with Crippen LogP contribution in [0.1, 0.15) is 37.6 Å². The van der Waals surface area contributed by atoms with E-state index < -0.39 is 0 Å². The highest BCUT2D eigenvalue weighted by Crippen LogP contribution is 2.13. The molecule has 0 bridgehead atoms. The van der Waals surface area contributed by atoms with Crippen molar-refractivity contribution in [3.63, 3.8) is 0 Å². The van der Waals surface area contributed by atoms with E-state index in [-0.39, 0.29) is 17.7 Å². The van der Waals surface area contributed by atoms with Crippen molar-refractivity contribution in [3.05, 3.63) is 24.0 Å². The molecule has 1 aromatic heterocycles. The van der Waals surface area contributed by atoms with Crippen molar-refractivity contribution in [2.75, 3.05) is 6.54 Å². The Morgan fingerprint density at radius 1 is 1.50 bits per heavy atom. The van der Waals surface area contributed by atoms with Crippen molar-refractivity contribution in [3.8, 4) is 5.75 Å². The van der Waals surface area contributed by atoms with Crippen LogP contribution in [0.15, 0.2) is 18.5 Å². The van der Waals surface area contributed by atoms with E-state index in [1.807, 2.05) is 20.8 Å². The van der Waals surface area contributed by atoms with Crippen molar-refractivity contribution in [2.24, 2.45) is 0 Å². The van der Waals surface area contributed by atoms with E-state index >= 15 is 0 Å². The Kier molecular flexibility index (Phi) is 4.28. The van der Waals surface area contributed by atoms with E-state index in [2.05, 4.69) is 4.98 Å². The van der Waals surface area contributed by atoms with Gasteiger partial charge in [-0.1, -0.05) is 6.92 Å². The van der Waals surface area contributed by atoms with Gasteiger partial charge in [0.1, 0.15) is 5.75 Å². The molecule has 4 heteroatoms.